The summed E-state index contributed by atoms with van der Waals surface area (Å²) in [6, 6.07) is 10.4. The van der Waals surface area contributed by atoms with Gasteiger partial charge in [0, 0.05) is 18.7 Å². The third-order valence-corrected chi connectivity index (χ3v) is 6.49. The van der Waals surface area contributed by atoms with E-state index in [2.05, 4.69) is 6.92 Å². The second kappa shape index (κ2) is 12.1. The Morgan fingerprint density at radius 2 is 1.81 bits per heavy atom. The number of benzene rings is 2. The van der Waals surface area contributed by atoms with Crippen molar-refractivity contribution in [2.45, 2.75) is 46.1 Å². The predicted molar refractivity (Wildman–Crippen MR) is 141 cm³/mol. The van der Waals surface area contributed by atoms with Gasteiger partial charge in [-0.3, -0.25) is 9.59 Å². The highest BCUT2D eigenvalue weighted by molar-refractivity contribution is 6.46. The number of ketones is 1. The summed E-state index contributed by atoms with van der Waals surface area (Å²) in [5.41, 5.74) is 3.09. The number of ether oxygens (including phenoxy) is 2. The molecule has 1 aliphatic heterocycles. The smallest absolute Gasteiger partial charge is 0.295 e. The molecule has 1 unspecified atom stereocenters. The number of aliphatic hydroxyl groups excluding tert-OH is 1. The van der Waals surface area contributed by atoms with Gasteiger partial charge in [-0.25, -0.2) is 0 Å². The number of hydrogen-bond donors (Lipinski definition) is 1. The van der Waals surface area contributed by atoms with Gasteiger partial charge < -0.3 is 24.4 Å². The molecule has 1 fully saturated rings. The number of aryl methyl sites for hydroxylation is 2. The van der Waals surface area contributed by atoms with E-state index in [0.29, 0.717) is 42.3 Å². The van der Waals surface area contributed by atoms with Gasteiger partial charge in [0.15, 0.2) is 11.5 Å². The topological polar surface area (TPSA) is 79.3 Å². The standard InChI is InChI=1S/C29H38N2O5/c1-7-8-9-16-36-23-13-12-21(18-24(23)35-6)26-25(27(32)22-17-19(2)10-11-20(22)3)28(33)29(34)31(26)15-14-30(4)5/h10-13,17-18,26,32H,7-9,14-16H2,1-6H3. The molecule has 1 N–H and O–H groups in total. The van der Waals surface area contributed by atoms with Crippen LogP contribution in [0.15, 0.2) is 42.0 Å². The van der Waals surface area contributed by atoms with Gasteiger partial charge in [-0.05, 0) is 63.7 Å². The van der Waals surface area contributed by atoms with Gasteiger partial charge in [-0.2, -0.15) is 0 Å². The van der Waals surface area contributed by atoms with Crippen LogP contribution in [0.1, 0.15) is 54.5 Å². The summed E-state index contributed by atoms with van der Waals surface area (Å²) in [7, 11) is 5.39. The van der Waals surface area contributed by atoms with E-state index in [-0.39, 0.29) is 11.3 Å². The van der Waals surface area contributed by atoms with Gasteiger partial charge in [0.2, 0.25) is 0 Å². The van der Waals surface area contributed by atoms with Crippen molar-refractivity contribution in [3.63, 3.8) is 0 Å². The molecule has 1 aliphatic rings. The fourth-order valence-electron chi connectivity index (χ4n) is 4.41. The van der Waals surface area contributed by atoms with Crippen LogP contribution in [0.3, 0.4) is 0 Å². The number of likely N-dealkylation sites (N-methyl/N-ethyl adjacent to an activating group) is 1. The summed E-state index contributed by atoms with van der Waals surface area (Å²) in [6.07, 6.45) is 3.13. The van der Waals surface area contributed by atoms with Crippen LogP contribution < -0.4 is 9.47 Å². The summed E-state index contributed by atoms with van der Waals surface area (Å²) < 4.78 is 11.5. The van der Waals surface area contributed by atoms with Crippen LogP contribution in [0.25, 0.3) is 5.76 Å². The van der Waals surface area contributed by atoms with Crippen molar-refractivity contribution in [3.05, 3.63) is 64.2 Å². The summed E-state index contributed by atoms with van der Waals surface area (Å²) in [6.45, 7) is 7.43. The number of aliphatic hydroxyl groups is 1. The Bertz CT molecular complexity index is 1140. The third-order valence-electron chi connectivity index (χ3n) is 6.49. The van der Waals surface area contributed by atoms with Gasteiger partial charge in [0.25, 0.3) is 11.7 Å². The summed E-state index contributed by atoms with van der Waals surface area (Å²) in [5.74, 6) is -0.333. The maximum atomic E-state index is 13.3. The zero-order chi connectivity index (χ0) is 26.4. The molecule has 7 nitrogen and oxygen atoms in total. The highest BCUT2D eigenvalue weighted by Crippen LogP contribution is 2.42. The fourth-order valence-corrected chi connectivity index (χ4v) is 4.41. The lowest BCUT2D eigenvalue weighted by atomic mass is 9.93. The molecular formula is C29H38N2O5. The minimum absolute atomic E-state index is 0.0890. The van der Waals surface area contributed by atoms with Crippen LogP contribution in [-0.4, -0.2) is 67.5 Å². The number of likely N-dealkylation sites (tertiary alicyclic amines) is 1. The number of amides is 1. The normalized spacial score (nSPS) is 17.2. The van der Waals surface area contributed by atoms with Crippen molar-refractivity contribution in [2.75, 3.05) is 40.9 Å². The first-order valence-electron chi connectivity index (χ1n) is 12.5. The molecule has 1 heterocycles. The number of methoxy groups -OCH3 is 1. The average molecular weight is 495 g/mol. The van der Waals surface area contributed by atoms with Crippen molar-refractivity contribution in [1.82, 2.24) is 9.80 Å². The molecule has 1 saturated heterocycles. The highest BCUT2D eigenvalue weighted by atomic mass is 16.5. The predicted octanol–water partition coefficient (Wildman–Crippen LogP) is 4.86. The third kappa shape index (κ3) is 5.90. The van der Waals surface area contributed by atoms with Crippen molar-refractivity contribution in [3.8, 4) is 11.5 Å². The van der Waals surface area contributed by atoms with Gasteiger partial charge in [-0.15, -0.1) is 0 Å². The summed E-state index contributed by atoms with van der Waals surface area (Å²) >= 11 is 0. The van der Waals surface area contributed by atoms with Crippen LogP contribution in [0, 0.1) is 13.8 Å². The van der Waals surface area contributed by atoms with E-state index in [1.54, 1.807) is 13.2 Å². The zero-order valence-electron chi connectivity index (χ0n) is 22.3. The Labute approximate surface area is 214 Å². The maximum Gasteiger partial charge on any atom is 0.295 e. The van der Waals surface area contributed by atoms with Crippen LogP contribution in [-0.2, 0) is 9.59 Å². The lowest BCUT2D eigenvalue weighted by Gasteiger charge is -2.27. The van der Waals surface area contributed by atoms with Crippen LogP contribution in [0.2, 0.25) is 0 Å². The lowest BCUT2D eigenvalue weighted by Crippen LogP contribution is -2.35. The van der Waals surface area contributed by atoms with Crippen LogP contribution in [0.4, 0.5) is 0 Å². The average Bonchev–Trinajstić information content (AvgIpc) is 3.11. The molecule has 1 atom stereocenters. The van der Waals surface area contributed by atoms with Gasteiger partial charge in [0.05, 0.1) is 25.3 Å². The van der Waals surface area contributed by atoms with Gasteiger partial charge >= 0.3 is 0 Å². The minimum atomic E-state index is -0.743. The Hall–Kier alpha value is -3.32. The summed E-state index contributed by atoms with van der Waals surface area (Å²) in [5, 5.41) is 11.4. The molecule has 0 saturated carbocycles. The van der Waals surface area contributed by atoms with Crippen LogP contribution in [0.5, 0.6) is 11.5 Å². The van der Waals surface area contributed by atoms with E-state index in [4.69, 9.17) is 9.47 Å². The van der Waals surface area contributed by atoms with E-state index in [1.165, 1.54) is 4.90 Å². The SMILES string of the molecule is CCCCCOc1ccc(C2C(=C(O)c3cc(C)ccc3C)C(=O)C(=O)N2CCN(C)C)cc1OC. The minimum Gasteiger partial charge on any atom is -0.507 e. The molecule has 0 bridgehead atoms. The van der Waals surface area contributed by atoms with Crippen molar-refractivity contribution < 1.29 is 24.2 Å². The van der Waals surface area contributed by atoms with Crippen molar-refractivity contribution in [2.24, 2.45) is 0 Å². The molecule has 36 heavy (non-hydrogen) atoms. The molecule has 194 valence electrons. The Morgan fingerprint density at radius 3 is 2.47 bits per heavy atom. The molecule has 2 aromatic carbocycles. The second-order valence-electron chi connectivity index (χ2n) is 9.58. The highest BCUT2D eigenvalue weighted by Gasteiger charge is 2.46. The monoisotopic (exact) mass is 494 g/mol. The number of Topliss-reactive ketones (excluding diaryl/α,β-unsaturated/α-hetero) is 1. The number of hydrogen-bond acceptors (Lipinski definition) is 6. The number of unbranched alkanes of at least 4 members (excludes halogenated alkanes) is 2. The maximum absolute atomic E-state index is 13.3. The first-order valence-corrected chi connectivity index (χ1v) is 12.5. The van der Waals surface area contributed by atoms with E-state index in [1.807, 2.05) is 63.2 Å². The van der Waals surface area contributed by atoms with Gasteiger partial charge in [0.1, 0.15) is 5.76 Å². The van der Waals surface area contributed by atoms with Crippen molar-refractivity contribution >= 4 is 17.4 Å². The van der Waals surface area contributed by atoms with E-state index in [0.717, 1.165) is 30.4 Å². The molecule has 0 aromatic heterocycles. The molecule has 1 amide bonds. The van der Waals surface area contributed by atoms with Gasteiger partial charge in [-0.1, -0.05) is 43.5 Å². The van der Waals surface area contributed by atoms with E-state index < -0.39 is 17.7 Å². The zero-order valence-corrected chi connectivity index (χ0v) is 22.3. The van der Waals surface area contributed by atoms with Crippen LogP contribution >= 0.6 is 0 Å². The molecule has 0 radical (unpaired) electrons. The fraction of sp³-hybridized carbons (Fsp3) is 0.448. The van der Waals surface area contributed by atoms with Crippen molar-refractivity contribution in [1.29, 1.82) is 0 Å². The number of nitrogens with zero attached hydrogens (tertiary/aromatic N) is 2. The molecular weight excluding hydrogens is 456 g/mol. The largest absolute Gasteiger partial charge is 0.507 e. The van der Waals surface area contributed by atoms with E-state index in [9.17, 15) is 14.7 Å². The Morgan fingerprint density at radius 1 is 1.06 bits per heavy atom. The first kappa shape index (κ1) is 27.3. The Kier molecular flexibility index (Phi) is 9.15. The molecule has 2 aromatic rings. The molecule has 0 aliphatic carbocycles. The molecule has 0 spiro atoms. The molecule has 3 rings (SSSR count). The summed E-state index contributed by atoms with van der Waals surface area (Å²) in [4.78, 5) is 30.0. The quantitative estimate of drug-likeness (QED) is 0.208. The van der Waals surface area contributed by atoms with E-state index >= 15 is 0 Å². The number of rotatable bonds is 11. The number of carbonyl (C=O) groups is 2. The lowest BCUT2D eigenvalue weighted by molar-refractivity contribution is -0.140. The first-order chi connectivity index (χ1) is 17.2. The molecule has 7 heteroatoms. The number of carbonyl (C=O) groups excluding carboxylic acids is 2. The Balaban J connectivity index is 2.11. The second-order valence-corrected chi connectivity index (χ2v) is 9.58.